The first-order valence-electron chi connectivity index (χ1n) is 3.10. The van der Waals surface area contributed by atoms with Crippen molar-refractivity contribution in [2.24, 2.45) is 4.99 Å². The van der Waals surface area contributed by atoms with Crippen LogP contribution in [0.3, 0.4) is 0 Å². The van der Waals surface area contributed by atoms with Crippen LogP contribution < -0.4 is 5.32 Å². The molecule has 0 saturated carbocycles. The minimum Gasteiger partial charge on any atom is -0.349 e. The van der Waals surface area contributed by atoms with Gasteiger partial charge in [-0.15, -0.1) is 0 Å². The molecule has 0 fully saturated rings. The highest BCUT2D eigenvalue weighted by Gasteiger charge is 2.19. The van der Waals surface area contributed by atoms with E-state index in [1.807, 2.05) is 24.3 Å². The van der Waals surface area contributed by atoms with Crippen molar-refractivity contribution < 1.29 is 0 Å². The summed E-state index contributed by atoms with van der Waals surface area (Å²) in [6.45, 7) is 0. The fourth-order valence-corrected chi connectivity index (χ4v) is 1.28. The Labute approximate surface area is 64.3 Å². The van der Waals surface area contributed by atoms with Gasteiger partial charge in [-0.1, -0.05) is 18.2 Å². The van der Waals surface area contributed by atoms with Gasteiger partial charge < -0.3 is 5.32 Å². The number of fused-ring (bicyclic) bond motifs is 1. The van der Waals surface area contributed by atoms with Crippen molar-refractivity contribution in [3.63, 3.8) is 0 Å². The predicted molar refractivity (Wildman–Crippen MR) is 45.2 cm³/mol. The molecule has 0 radical (unpaired) electrons. The van der Waals surface area contributed by atoms with Crippen LogP contribution in [0.2, 0.25) is 0 Å². The lowest BCUT2D eigenvalue weighted by Gasteiger charge is -2.07. The molecular formula is C7H6N2S. The van der Waals surface area contributed by atoms with Gasteiger partial charge in [-0.3, -0.25) is 0 Å². The van der Waals surface area contributed by atoms with Gasteiger partial charge in [0.2, 0.25) is 0 Å². The van der Waals surface area contributed by atoms with Crippen molar-refractivity contribution in [3.05, 3.63) is 24.3 Å². The van der Waals surface area contributed by atoms with Gasteiger partial charge in [0.25, 0.3) is 0 Å². The van der Waals surface area contributed by atoms with Crippen LogP contribution in [0.1, 0.15) is 0 Å². The van der Waals surface area contributed by atoms with Gasteiger partial charge in [-0.25, -0.2) is 4.99 Å². The molecular weight excluding hydrogens is 144 g/mol. The number of hydrogen-bond acceptors (Lipinski definition) is 1. The van der Waals surface area contributed by atoms with Gasteiger partial charge in [0.1, 0.15) is 0 Å². The average Bonchev–Trinajstić information content (AvgIpc) is 2.27. The lowest BCUT2D eigenvalue weighted by molar-refractivity contribution is 0.965. The van der Waals surface area contributed by atoms with E-state index in [1.165, 1.54) is 0 Å². The smallest absolute Gasteiger partial charge is 0.193 e. The highest BCUT2D eigenvalue weighted by atomic mass is 32.1. The van der Waals surface area contributed by atoms with E-state index in [0.717, 1.165) is 5.71 Å². The summed E-state index contributed by atoms with van der Waals surface area (Å²) < 4.78 is 0. The van der Waals surface area contributed by atoms with E-state index >= 15 is 0 Å². The molecule has 0 aromatic heterocycles. The molecule has 0 aromatic rings. The van der Waals surface area contributed by atoms with Crippen LogP contribution in [0.5, 0.6) is 0 Å². The van der Waals surface area contributed by atoms with Crippen LogP contribution in [0.4, 0.5) is 0 Å². The molecule has 2 nitrogen and oxygen atoms in total. The molecule has 50 valence electrons. The fraction of sp³-hybridized carbons (Fsp3) is 0.143. The quantitative estimate of drug-likeness (QED) is 0.517. The van der Waals surface area contributed by atoms with Gasteiger partial charge >= 0.3 is 0 Å². The molecule has 0 spiro atoms. The fourth-order valence-electron chi connectivity index (χ4n) is 1.04. The van der Waals surface area contributed by atoms with Crippen molar-refractivity contribution in [2.45, 2.75) is 6.04 Å². The molecule has 0 saturated heterocycles. The van der Waals surface area contributed by atoms with E-state index in [2.05, 4.69) is 10.3 Å². The Hall–Kier alpha value is -0.960. The molecule has 2 aliphatic rings. The zero-order valence-electron chi connectivity index (χ0n) is 5.24. The van der Waals surface area contributed by atoms with Crippen molar-refractivity contribution in [2.75, 3.05) is 0 Å². The number of thiocarbonyl (C=S) groups is 1. The molecule has 1 aliphatic heterocycles. The Kier molecular flexibility index (Phi) is 1.17. The van der Waals surface area contributed by atoms with Crippen molar-refractivity contribution in [1.29, 1.82) is 0 Å². The van der Waals surface area contributed by atoms with Crippen LogP contribution >= 0.6 is 12.2 Å². The summed E-state index contributed by atoms with van der Waals surface area (Å²) >= 11 is 4.87. The summed E-state index contributed by atoms with van der Waals surface area (Å²) in [5.41, 5.74) is 1.02. The van der Waals surface area contributed by atoms with E-state index < -0.39 is 0 Å². The van der Waals surface area contributed by atoms with Crippen molar-refractivity contribution in [1.82, 2.24) is 5.32 Å². The van der Waals surface area contributed by atoms with Crippen molar-refractivity contribution >= 4 is 23.0 Å². The number of aliphatic imine (C=N–C) groups is 1. The number of rotatable bonds is 0. The molecule has 1 unspecified atom stereocenters. The summed E-state index contributed by atoms with van der Waals surface area (Å²) in [5.74, 6) is 0. The van der Waals surface area contributed by atoms with E-state index in [1.54, 1.807) is 0 Å². The first kappa shape index (κ1) is 5.80. The monoisotopic (exact) mass is 150 g/mol. The van der Waals surface area contributed by atoms with E-state index in [9.17, 15) is 0 Å². The largest absolute Gasteiger partial charge is 0.349 e. The minimum absolute atomic E-state index is 0.234. The summed E-state index contributed by atoms with van der Waals surface area (Å²) in [5, 5.41) is 3.64. The summed E-state index contributed by atoms with van der Waals surface area (Å²) in [7, 11) is 0. The second-order valence-electron chi connectivity index (χ2n) is 2.21. The molecule has 0 aromatic carbocycles. The first-order chi connectivity index (χ1) is 4.86. The molecule has 2 rings (SSSR count). The van der Waals surface area contributed by atoms with Gasteiger partial charge in [-0.2, -0.15) is 0 Å². The highest BCUT2D eigenvalue weighted by molar-refractivity contribution is 7.80. The molecule has 1 aliphatic carbocycles. The Morgan fingerprint density at radius 2 is 2.40 bits per heavy atom. The molecule has 1 heterocycles. The first-order valence-corrected chi connectivity index (χ1v) is 3.51. The van der Waals surface area contributed by atoms with Gasteiger partial charge in [0, 0.05) is 0 Å². The average molecular weight is 150 g/mol. The highest BCUT2D eigenvalue weighted by Crippen LogP contribution is 2.07. The molecule has 0 amide bonds. The Morgan fingerprint density at radius 1 is 1.50 bits per heavy atom. The van der Waals surface area contributed by atoms with Crippen LogP contribution in [0.25, 0.3) is 0 Å². The third-order valence-electron chi connectivity index (χ3n) is 1.51. The molecule has 3 heteroatoms. The Morgan fingerprint density at radius 3 is 3.20 bits per heavy atom. The zero-order chi connectivity index (χ0) is 6.97. The van der Waals surface area contributed by atoms with Crippen LogP contribution in [0, 0.1) is 0 Å². The normalized spacial score (nSPS) is 27.8. The summed E-state index contributed by atoms with van der Waals surface area (Å²) in [4.78, 5) is 4.11. The van der Waals surface area contributed by atoms with Crippen LogP contribution in [0.15, 0.2) is 29.3 Å². The summed E-state index contributed by atoms with van der Waals surface area (Å²) in [6.07, 6.45) is 7.96. The van der Waals surface area contributed by atoms with Gasteiger partial charge in [0.05, 0.1) is 11.8 Å². The van der Waals surface area contributed by atoms with E-state index in [-0.39, 0.29) is 6.04 Å². The third-order valence-corrected chi connectivity index (χ3v) is 1.72. The maximum Gasteiger partial charge on any atom is 0.193 e. The maximum absolute atomic E-state index is 4.87. The Balaban J connectivity index is 2.37. The molecule has 1 N–H and O–H groups in total. The van der Waals surface area contributed by atoms with Gasteiger partial charge in [0.15, 0.2) is 5.11 Å². The number of allylic oxidation sites excluding steroid dienone is 2. The lowest BCUT2D eigenvalue weighted by atomic mass is 10.1. The lowest BCUT2D eigenvalue weighted by Crippen LogP contribution is -2.29. The second-order valence-corrected chi connectivity index (χ2v) is 2.59. The number of hydrogen-bond donors (Lipinski definition) is 1. The maximum atomic E-state index is 4.87. The standard InChI is InChI=1S/C7H6N2S/c10-7-8-5-3-1-2-4-6(5)9-7/h1-5H,(H,8,10). The predicted octanol–water partition coefficient (Wildman–Crippen LogP) is 0.810. The number of nitrogens with zero attached hydrogens (tertiary/aromatic N) is 1. The number of nitrogens with one attached hydrogen (secondary N) is 1. The van der Waals surface area contributed by atoms with Crippen molar-refractivity contribution in [3.8, 4) is 0 Å². The molecule has 1 atom stereocenters. The van der Waals surface area contributed by atoms with E-state index in [4.69, 9.17) is 12.2 Å². The van der Waals surface area contributed by atoms with Crippen LogP contribution in [-0.4, -0.2) is 16.9 Å². The molecule has 0 bridgehead atoms. The summed E-state index contributed by atoms with van der Waals surface area (Å²) in [6, 6.07) is 0.234. The second kappa shape index (κ2) is 2.02. The van der Waals surface area contributed by atoms with Gasteiger partial charge in [-0.05, 0) is 18.3 Å². The minimum atomic E-state index is 0.234. The topological polar surface area (TPSA) is 24.4 Å². The Bertz CT molecular complexity index is 263. The zero-order valence-corrected chi connectivity index (χ0v) is 6.06. The van der Waals surface area contributed by atoms with Crippen LogP contribution in [-0.2, 0) is 0 Å². The molecule has 10 heavy (non-hydrogen) atoms. The van der Waals surface area contributed by atoms with E-state index in [0.29, 0.717) is 5.11 Å². The third kappa shape index (κ3) is 0.789. The SMILES string of the molecule is S=C1N=C2C=CC=CC2N1.